The van der Waals surface area contributed by atoms with Gasteiger partial charge in [0.2, 0.25) is 0 Å². The zero-order valence-corrected chi connectivity index (χ0v) is 11.4. The van der Waals surface area contributed by atoms with Crippen LogP contribution in [0.3, 0.4) is 0 Å². The summed E-state index contributed by atoms with van der Waals surface area (Å²) in [7, 11) is 0. The van der Waals surface area contributed by atoms with E-state index in [9.17, 15) is 5.11 Å². The number of fused-ring (bicyclic) bond motifs is 1. The zero-order chi connectivity index (χ0) is 11.5. The summed E-state index contributed by atoms with van der Waals surface area (Å²) in [4.78, 5) is 1.44. The third-order valence-electron chi connectivity index (χ3n) is 3.04. The molecule has 3 atom stereocenters. The first kappa shape index (κ1) is 12.3. The molecular formula is C13H18OS2. The molecule has 2 rings (SSSR count). The maximum Gasteiger partial charge on any atom is 0.0627 e. The van der Waals surface area contributed by atoms with Crippen molar-refractivity contribution in [1.82, 2.24) is 0 Å². The molecule has 16 heavy (non-hydrogen) atoms. The van der Waals surface area contributed by atoms with Crippen molar-refractivity contribution in [2.75, 3.05) is 11.5 Å². The minimum absolute atomic E-state index is 0.214. The van der Waals surface area contributed by atoms with Gasteiger partial charge in [-0.1, -0.05) is 25.1 Å². The summed E-state index contributed by atoms with van der Waals surface area (Å²) in [5.74, 6) is 2.97. The van der Waals surface area contributed by atoms with E-state index >= 15 is 0 Å². The molecule has 1 aromatic rings. The second-order valence-electron chi connectivity index (χ2n) is 4.32. The average Bonchev–Trinajstić information content (AvgIpc) is 2.69. The van der Waals surface area contributed by atoms with Crippen molar-refractivity contribution in [3.05, 3.63) is 29.8 Å². The number of hydrogen-bond acceptors (Lipinski definition) is 3. The molecule has 88 valence electrons. The van der Waals surface area contributed by atoms with Crippen molar-refractivity contribution in [3.8, 4) is 0 Å². The van der Waals surface area contributed by atoms with Crippen LogP contribution in [0, 0.1) is 0 Å². The van der Waals surface area contributed by atoms with Crippen LogP contribution in [-0.4, -0.2) is 28.0 Å². The Morgan fingerprint density at radius 3 is 2.94 bits per heavy atom. The first-order valence-corrected chi connectivity index (χ1v) is 7.73. The number of hydrogen-bond donors (Lipinski definition) is 1. The third kappa shape index (κ3) is 2.76. The van der Waals surface area contributed by atoms with Gasteiger partial charge in [-0.3, -0.25) is 0 Å². The van der Waals surface area contributed by atoms with Gasteiger partial charge in [-0.05, 0) is 18.6 Å². The molecule has 3 unspecified atom stereocenters. The van der Waals surface area contributed by atoms with Gasteiger partial charge in [-0.2, -0.15) is 11.8 Å². The SMILES string of the molecule is CC(O)C(C)SCC1CSc2ccccc21. The summed E-state index contributed by atoms with van der Waals surface area (Å²) in [5.41, 5.74) is 1.50. The lowest BCUT2D eigenvalue weighted by Crippen LogP contribution is -2.17. The minimum Gasteiger partial charge on any atom is -0.392 e. The molecule has 0 saturated carbocycles. The second-order valence-corrected chi connectivity index (χ2v) is 6.80. The molecule has 0 aliphatic carbocycles. The summed E-state index contributed by atoms with van der Waals surface area (Å²) in [6.07, 6.45) is -0.214. The average molecular weight is 254 g/mol. The van der Waals surface area contributed by atoms with Crippen LogP contribution in [0.1, 0.15) is 25.3 Å². The van der Waals surface area contributed by atoms with Gasteiger partial charge in [0.15, 0.2) is 0 Å². The molecule has 0 saturated heterocycles. The van der Waals surface area contributed by atoms with Crippen LogP contribution < -0.4 is 0 Å². The van der Waals surface area contributed by atoms with Crippen molar-refractivity contribution >= 4 is 23.5 Å². The normalized spacial score (nSPS) is 22.8. The molecule has 0 amide bonds. The topological polar surface area (TPSA) is 20.2 Å². The molecule has 0 aromatic heterocycles. The highest BCUT2D eigenvalue weighted by molar-refractivity contribution is 8.00. The van der Waals surface area contributed by atoms with Crippen molar-refractivity contribution in [2.24, 2.45) is 0 Å². The van der Waals surface area contributed by atoms with Crippen LogP contribution in [0.5, 0.6) is 0 Å². The van der Waals surface area contributed by atoms with E-state index in [1.54, 1.807) is 0 Å². The number of rotatable bonds is 4. The number of aliphatic hydroxyl groups is 1. The molecule has 0 bridgehead atoms. The molecule has 0 fully saturated rings. The maximum absolute atomic E-state index is 9.46. The monoisotopic (exact) mass is 254 g/mol. The summed E-state index contributed by atoms with van der Waals surface area (Å²) in [5, 5.41) is 9.80. The third-order valence-corrected chi connectivity index (χ3v) is 5.80. The molecule has 0 radical (unpaired) electrons. The lowest BCUT2D eigenvalue weighted by atomic mass is 10.0. The van der Waals surface area contributed by atoms with Gasteiger partial charge >= 0.3 is 0 Å². The van der Waals surface area contributed by atoms with E-state index in [1.807, 2.05) is 30.4 Å². The Bertz CT molecular complexity index is 352. The lowest BCUT2D eigenvalue weighted by Gasteiger charge is -2.17. The Labute approximate surface area is 106 Å². The summed E-state index contributed by atoms with van der Waals surface area (Å²) in [6.45, 7) is 3.97. The number of aliphatic hydroxyl groups excluding tert-OH is 1. The highest BCUT2D eigenvalue weighted by Gasteiger charge is 2.23. The Morgan fingerprint density at radius 1 is 1.44 bits per heavy atom. The van der Waals surface area contributed by atoms with Gasteiger partial charge in [0, 0.05) is 27.6 Å². The molecular weight excluding hydrogens is 236 g/mol. The molecule has 3 heteroatoms. The van der Waals surface area contributed by atoms with Crippen LogP contribution in [0.4, 0.5) is 0 Å². The van der Waals surface area contributed by atoms with E-state index in [0.717, 1.165) is 5.75 Å². The summed E-state index contributed by atoms with van der Waals surface area (Å²) in [6, 6.07) is 8.69. The molecule has 1 aromatic carbocycles. The molecule has 1 aliphatic rings. The van der Waals surface area contributed by atoms with E-state index < -0.39 is 0 Å². The smallest absolute Gasteiger partial charge is 0.0627 e. The van der Waals surface area contributed by atoms with Crippen molar-refractivity contribution in [2.45, 2.75) is 36.0 Å². The highest BCUT2D eigenvalue weighted by atomic mass is 32.2. The fourth-order valence-corrected chi connectivity index (χ4v) is 4.29. The molecule has 1 N–H and O–H groups in total. The van der Waals surface area contributed by atoms with Crippen LogP contribution in [-0.2, 0) is 0 Å². The Hall–Kier alpha value is -0.120. The van der Waals surface area contributed by atoms with Crippen LogP contribution in [0.15, 0.2) is 29.2 Å². The predicted octanol–water partition coefficient (Wildman–Crippen LogP) is 3.38. The standard InChI is InChI=1S/C13H18OS2/c1-9(14)10(2)15-7-11-8-16-13-6-4-3-5-12(11)13/h3-6,9-11,14H,7-8H2,1-2H3. The van der Waals surface area contributed by atoms with E-state index in [-0.39, 0.29) is 6.10 Å². The van der Waals surface area contributed by atoms with Gasteiger partial charge in [0.25, 0.3) is 0 Å². The van der Waals surface area contributed by atoms with Crippen LogP contribution >= 0.6 is 23.5 Å². The van der Waals surface area contributed by atoms with E-state index in [4.69, 9.17) is 0 Å². The number of benzene rings is 1. The minimum atomic E-state index is -0.214. The molecule has 1 nitrogen and oxygen atoms in total. The van der Waals surface area contributed by atoms with Gasteiger partial charge in [-0.15, -0.1) is 11.8 Å². The first-order valence-electron chi connectivity index (χ1n) is 5.70. The van der Waals surface area contributed by atoms with Gasteiger partial charge in [0.1, 0.15) is 0 Å². The first-order chi connectivity index (χ1) is 7.68. The second kappa shape index (κ2) is 5.48. The predicted molar refractivity (Wildman–Crippen MR) is 73.5 cm³/mol. The van der Waals surface area contributed by atoms with E-state index in [1.165, 1.54) is 16.2 Å². The van der Waals surface area contributed by atoms with Crippen molar-refractivity contribution < 1.29 is 5.11 Å². The summed E-state index contributed by atoms with van der Waals surface area (Å²) < 4.78 is 0. The van der Waals surface area contributed by atoms with Crippen LogP contribution in [0.25, 0.3) is 0 Å². The fourth-order valence-electron chi connectivity index (χ4n) is 1.77. The summed E-state index contributed by atoms with van der Waals surface area (Å²) >= 11 is 3.84. The maximum atomic E-state index is 9.46. The van der Waals surface area contributed by atoms with Crippen molar-refractivity contribution in [1.29, 1.82) is 0 Å². The van der Waals surface area contributed by atoms with E-state index in [0.29, 0.717) is 11.2 Å². The molecule has 1 aliphatic heterocycles. The lowest BCUT2D eigenvalue weighted by molar-refractivity contribution is 0.196. The van der Waals surface area contributed by atoms with Crippen molar-refractivity contribution in [3.63, 3.8) is 0 Å². The van der Waals surface area contributed by atoms with Gasteiger partial charge < -0.3 is 5.11 Å². The van der Waals surface area contributed by atoms with Gasteiger partial charge in [-0.25, -0.2) is 0 Å². The quantitative estimate of drug-likeness (QED) is 0.889. The van der Waals surface area contributed by atoms with Crippen LogP contribution in [0.2, 0.25) is 0 Å². The zero-order valence-electron chi connectivity index (χ0n) is 9.72. The fraction of sp³-hybridized carbons (Fsp3) is 0.538. The van der Waals surface area contributed by atoms with E-state index in [2.05, 4.69) is 31.2 Å². The Kier molecular flexibility index (Phi) is 4.22. The molecule has 0 spiro atoms. The Balaban J connectivity index is 1.93. The van der Waals surface area contributed by atoms with Gasteiger partial charge in [0.05, 0.1) is 6.10 Å². The Morgan fingerprint density at radius 2 is 2.19 bits per heavy atom. The highest BCUT2D eigenvalue weighted by Crippen LogP contribution is 2.41. The molecule has 1 heterocycles. The number of thioether (sulfide) groups is 2. The largest absolute Gasteiger partial charge is 0.392 e.